The zero-order valence-electron chi connectivity index (χ0n) is 11.4. The first-order valence-corrected chi connectivity index (χ1v) is 7.53. The van der Waals surface area contributed by atoms with Crippen molar-refractivity contribution in [3.63, 3.8) is 0 Å². The molecule has 0 N–H and O–H groups in total. The van der Waals surface area contributed by atoms with E-state index in [2.05, 4.69) is 25.9 Å². The molecule has 106 valence electrons. The largest absolute Gasteiger partial charge is 0.228 e. The third-order valence-corrected chi connectivity index (χ3v) is 4.08. The van der Waals surface area contributed by atoms with Gasteiger partial charge in [0.2, 0.25) is 0 Å². The summed E-state index contributed by atoms with van der Waals surface area (Å²) in [6.45, 7) is 3.80. The van der Waals surface area contributed by atoms with E-state index in [9.17, 15) is 4.39 Å². The number of aromatic nitrogens is 2. The van der Waals surface area contributed by atoms with Crippen LogP contribution in [0.1, 0.15) is 11.1 Å². The number of benzene rings is 2. The molecule has 1 aromatic heterocycles. The molecule has 0 spiro atoms. The number of nitrogens with zero attached hydrogens (tertiary/aromatic N) is 2. The summed E-state index contributed by atoms with van der Waals surface area (Å²) in [6, 6.07) is 8.42. The fraction of sp³-hybridized carbons (Fsp3) is 0.125. The molecule has 0 radical (unpaired) electrons. The van der Waals surface area contributed by atoms with Gasteiger partial charge in [0.05, 0.1) is 5.52 Å². The van der Waals surface area contributed by atoms with E-state index in [1.54, 1.807) is 6.07 Å². The van der Waals surface area contributed by atoms with Crippen molar-refractivity contribution >= 4 is 38.4 Å². The summed E-state index contributed by atoms with van der Waals surface area (Å²) >= 11 is 9.74. The molecule has 5 heteroatoms. The lowest BCUT2D eigenvalue weighted by atomic mass is 10.1. The minimum Gasteiger partial charge on any atom is -0.228 e. The van der Waals surface area contributed by atoms with Crippen molar-refractivity contribution in [1.29, 1.82) is 0 Å². The Kier molecular flexibility index (Phi) is 3.68. The summed E-state index contributed by atoms with van der Waals surface area (Å²) in [7, 11) is 0. The Morgan fingerprint density at radius 2 is 1.81 bits per heavy atom. The predicted molar refractivity (Wildman–Crippen MR) is 87.1 cm³/mol. The van der Waals surface area contributed by atoms with Crippen LogP contribution in [0.15, 0.2) is 34.8 Å². The van der Waals surface area contributed by atoms with E-state index in [0.717, 1.165) is 32.1 Å². The Labute approximate surface area is 135 Å². The van der Waals surface area contributed by atoms with Crippen molar-refractivity contribution in [2.45, 2.75) is 13.8 Å². The molecular weight excluding hydrogens is 355 g/mol. The second-order valence-electron chi connectivity index (χ2n) is 4.92. The number of halogens is 3. The summed E-state index contributed by atoms with van der Waals surface area (Å²) in [5.41, 5.74) is 3.37. The highest BCUT2D eigenvalue weighted by atomic mass is 79.9. The zero-order valence-corrected chi connectivity index (χ0v) is 13.8. The molecule has 0 saturated heterocycles. The van der Waals surface area contributed by atoms with Crippen molar-refractivity contribution in [3.05, 3.63) is 56.9 Å². The fourth-order valence-electron chi connectivity index (χ4n) is 2.32. The number of aryl methyl sites for hydroxylation is 2. The molecule has 0 amide bonds. The van der Waals surface area contributed by atoms with Gasteiger partial charge in [-0.1, -0.05) is 27.5 Å². The number of fused-ring (bicyclic) bond motifs is 1. The highest BCUT2D eigenvalue weighted by Crippen LogP contribution is 2.30. The normalized spacial score (nSPS) is 11.1. The van der Waals surface area contributed by atoms with Gasteiger partial charge < -0.3 is 0 Å². The maximum absolute atomic E-state index is 13.2. The van der Waals surface area contributed by atoms with Crippen LogP contribution in [0.5, 0.6) is 0 Å². The number of hydrogen-bond donors (Lipinski definition) is 0. The van der Waals surface area contributed by atoms with Crippen LogP contribution in [-0.2, 0) is 0 Å². The van der Waals surface area contributed by atoms with Gasteiger partial charge in [0.25, 0.3) is 0 Å². The molecular formula is C16H11BrClFN2. The quantitative estimate of drug-likeness (QED) is 0.534. The molecule has 2 nitrogen and oxygen atoms in total. The molecule has 2 aromatic carbocycles. The van der Waals surface area contributed by atoms with Crippen LogP contribution in [0.2, 0.25) is 5.15 Å². The average molecular weight is 366 g/mol. The topological polar surface area (TPSA) is 25.8 Å². The van der Waals surface area contributed by atoms with E-state index in [1.165, 1.54) is 12.1 Å². The summed E-state index contributed by atoms with van der Waals surface area (Å²) in [4.78, 5) is 8.95. The molecule has 0 atom stereocenters. The van der Waals surface area contributed by atoms with Gasteiger partial charge in [-0.05, 0) is 55.3 Å². The second kappa shape index (κ2) is 5.35. The first kappa shape index (κ1) is 14.4. The van der Waals surface area contributed by atoms with Crippen molar-refractivity contribution in [2.24, 2.45) is 0 Å². The highest BCUT2D eigenvalue weighted by molar-refractivity contribution is 9.10. The third kappa shape index (κ3) is 2.65. The maximum atomic E-state index is 13.2. The van der Waals surface area contributed by atoms with Crippen LogP contribution in [0.4, 0.5) is 4.39 Å². The van der Waals surface area contributed by atoms with Gasteiger partial charge in [-0.2, -0.15) is 0 Å². The van der Waals surface area contributed by atoms with Gasteiger partial charge >= 0.3 is 0 Å². The van der Waals surface area contributed by atoms with E-state index in [0.29, 0.717) is 11.0 Å². The van der Waals surface area contributed by atoms with Crippen LogP contribution in [0.3, 0.4) is 0 Å². The minimum atomic E-state index is -0.275. The van der Waals surface area contributed by atoms with Gasteiger partial charge in [0.1, 0.15) is 11.0 Å². The number of rotatable bonds is 1. The second-order valence-corrected chi connectivity index (χ2v) is 6.19. The monoisotopic (exact) mass is 364 g/mol. The SMILES string of the molecule is Cc1cc(F)ccc1-c1nc(Cl)c2cc(Br)cc(C)c2n1. The van der Waals surface area contributed by atoms with E-state index in [-0.39, 0.29) is 5.82 Å². The molecule has 1 heterocycles. The van der Waals surface area contributed by atoms with Gasteiger partial charge in [-0.15, -0.1) is 0 Å². The lowest BCUT2D eigenvalue weighted by molar-refractivity contribution is 0.627. The first-order valence-electron chi connectivity index (χ1n) is 6.35. The highest BCUT2D eigenvalue weighted by Gasteiger charge is 2.12. The molecule has 0 saturated carbocycles. The van der Waals surface area contributed by atoms with Crippen molar-refractivity contribution < 1.29 is 4.39 Å². The Morgan fingerprint density at radius 1 is 1.05 bits per heavy atom. The first-order chi connectivity index (χ1) is 9.95. The maximum Gasteiger partial charge on any atom is 0.161 e. The van der Waals surface area contributed by atoms with Crippen LogP contribution in [0.25, 0.3) is 22.3 Å². The van der Waals surface area contributed by atoms with Crippen LogP contribution < -0.4 is 0 Å². The van der Waals surface area contributed by atoms with Gasteiger partial charge in [0, 0.05) is 15.4 Å². The molecule has 3 aromatic rings. The van der Waals surface area contributed by atoms with Crippen molar-refractivity contribution in [2.75, 3.05) is 0 Å². The van der Waals surface area contributed by atoms with Crippen LogP contribution in [0, 0.1) is 19.7 Å². The Hall–Kier alpha value is -1.52. The third-order valence-electron chi connectivity index (χ3n) is 3.34. The number of hydrogen-bond acceptors (Lipinski definition) is 2. The van der Waals surface area contributed by atoms with Crippen LogP contribution in [-0.4, -0.2) is 9.97 Å². The summed E-state index contributed by atoms with van der Waals surface area (Å²) in [5, 5.41) is 1.19. The molecule has 0 unspecified atom stereocenters. The van der Waals surface area contributed by atoms with Crippen molar-refractivity contribution in [1.82, 2.24) is 9.97 Å². The lowest BCUT2D eigenvalue weighted by Gasteiger charge is -2.09. The van der Waals surface area contributed by atoms with E-state index in [1.807, 2.05) is 26.0 Å². The molecule has 0 bridgehead atoms. The predicted octanol–water partition coefficient (Wildman–Crippen LogP) is 5.47. The summed E-state index contributed by atoms with van der Waals surface area (Å²) in [6.07, 6.45) is 0. The van der Waals surface area contributed by atoms with E-state index in [4.69, 9.17) is 11.6 Å². The van der Waals surface area contributed by atoms with Gasteiger partial charge in [0.15, 0.2) is 5.82 Å². The molecule has 0 aliphatic rings. The molecule has 0 aliphatic heterocycles. The van der Waals surface area contributed by atoms with E-state index < -0.39 is 0 Å². The van der Waals surface area contributed by atoms with Crippen LogP contribution >= 0.6 is 27.5 Å². The van der Waals surface area contributed by atoms with Gasteiger partial charge in [-0.3, -0.25) is 0 Å². The van der Waals surface area contributed by atoms with Gasteiger partial charge in [-0.25, -0.2) is 14.4 Å². The molecule has 21 heavy (non-hydrogen) atoms. The Morgan fingerprint density at radius 3 is 2.52 bits per heavy atom. The Bertz CT molecular complexity index is 865. The molecule has 0 fully saturated rings. The fourth-order valence-corrected chi connectivity index (χ4v) is 3.12. The standard InChI is InChI=1S/C16H11BrClFN2/c1-8-6-11(19)3-4-12(8)16-20-14-9(2)5-10(17)7-13(14)15(18)21-16/h3-7H,1-2H3. The molecule has 3 rings (SSSR count). The average Bonchev–Trinajstić information content (AvgIpc) is 2.40. The minimum absolute atomic E-state index is 0.275. The summed E-state index contributed by atoms with van der Waals surface area (Å²) < 4.78 is 14.2. The lowest BCUT2D eigenvalue weighted by Crippen LogP contribution is -1.96. The smallest absolute Gasteiger partial charge is 0.161 e. The Balaban J connectivity index is 2.30. The van der Waals surface area contributed by atoms with E-state index >= 15 is 0 Å². The summed E-state index contributed by atoms with van der Waals surface area (Å²) in [5.74, 6) is 0.235. The molecule has 0 aliphatic carbocycles. The van der Waals surface area contributed by atoms with Crippen molar-refractivity contribution in [3.8, 4) is 11.4 Å². The zero-order chi connectivity index (χ0) is 15.1.